The van der Waals surface area contributed by atoms with Crippen molar-refractivity contribution in [2.45, 2.75) is 26.1 Å². The van der Waals surface area contributed by atoms with Crippen LogP contribution in [0.3, 0.4) is 0 Å². The summed E-state index contributed by atoms with van der Waals surface area (Å²) in [6, 6.07) is 8.45. The van der Waals surface area contributed by atoms with Crippen molar-refractivity contribution in [2.75, 3.05) is 20.3 Å². The van der Waals surface area contributed by atoms with Gasteiger partial charge in [0.25, 0.3) is 5.69 Å². The van der Waals surface area contributed by atoms with Crippen LogP contribution < -0.4 is 9.47 Å². The standard InChI is InChI=1S/C24H25N5O9/c1-14-21(37-18-10-15(11-35-12-18)23(30)34-3)9-8-19(25-14)22-20(28(2)27-26-22)13-36-24(31)38-17-6-4-16(5-7-17)29(32)33/h4-9,15,18H,10-13H2,1-3H3/t15?,18-/m0/s1. The molecule has 2 aromatic heterocycles. The number of esters is 1. The first-order valence-electron chi connectivity index (χ1n) is 11.5. The molecule has 1 fully saturated rings. The van der Waals surface area contributed by atoms with Gasteiger partial charge in [0.15, 0.2) is 0 Å². The van der Waals surface area contributed by atoms with E-state index < -0.39 is 11.1 Å². The van der Waals surface area contributed by atoms with Crippen LogP contribution in [0.1, 0.15) is 17.8 Å². The lowest BCUT2D eigenvalue weighted by atomic mass is 10.0. The number of hydrogen-bond donors (Lipinski definition) is 0. The molecule has 1 aliphatic rings. The first-order valence-corrected chi connectivity index (χ1v) is 11.5. The predicted octanol–water partition coefficient (Wildman–Crippen LogP) is 2.77. The number of methoxy groups -OCH3 is 1. The molecular formula is C24H25N5O9. The van der Waals surface area contributed by atoms with E-state index in [9.17, 15) is 19.7 Å². The summed E-state index contributed by atoms with van der Waals surface area (Å²) >= 11 is 0. The third-order valence-electron chi connectivity index (χ3n) is 5.80. The van der Waals surface area contributed by atoms with Gasteiger partial charge in [-0.2, -0.15) is 0 Å². The molecule has 0 aliphatic carbocycles. The second-order valence-corrected chi connectivity index (χ2v) is 8.41. The summed E-state index contributed by atoms with van der Waals surface area (Å²) < 4.78 is 28.0. The van der Waals surface area contributed by atoms with Gasteiger partial charge in [0.05, 0.1) is 42.6 Å². The van der Waals surface area contributed by atoms with Crippen LogP contribution in [0.2, 0.25) is 0 Å². The van der Waals surface area contributed by atoms with E-state index in [0.29, 0.717) is 48.2 Å². The average Bonchev–Trinajstić information content (AvgIpc) is 3.28. The molecule has 1 aromatic carbocycles. The molecule has 0 saturated carbocycles. The first kappa shape index (κ1) is 26.5. The van der Waals surface area contributed by atoms with Crippen molar-refractivity contribution in [1.29, 1.82) is 0 Å². The Kier molecular flexibility index (Phi) is 8.11. The SMILES string of the molecule is COC(=O)C1COC[C@@H](Oc2ccc(-c3nnn(C)c3COC(=O)Oc3ccc([N+](=O)[O-])cc3)nc2C)C1. The molecule has 4 rings (SSSR count). The maximum absolute atomic E-state index is 12.2. The van der Waals surface area contributed by atoms with Gasteiger partial charge < -0.3 is 23.7 Å². The summed E-state index contributed by atoms with van der Waals surface area (Å²) in [5.74, 6) is -0.0996. The van der Waals surface area contributed by atoms with Crippen molar-refractivity contribution in [1.82, 2.24) is 20.0 Å². The third-order valence-corrected chi connectivity index (χ3v) is 5.80. The maximum Gasteiger partial charge on any atom is 0.514 e. The van der Waals surface area contributed by atoms with Crippen molar-refractivity contribution < 1.29 is 38.2 Å². The van der Waals surface area contributed by atoms with Gasteiger partial charge >= 0.3 is 12.1 Å². The summed E-state index contributed by atoms with van der Waals surface area (Å²) in [6.45, 7) is 2.20. The van der Waals surface area contributed by atoms with Crippen LogP contribution in [0, 0.1) is 23.0 Å². The van der Waals surface area contributed by atoms with Crippen molar-refractivity contribution >= 4 is 17.8 Å². The fraction of sp³-hybridized carbons (Fsp3) is 0.375. The molecule has 0 spiro atoms. The number of aryl methyl sites for hydroxylation is 2. The predicted molar refractivity (Wildman–Crippen MR) is 128 cm³/mol. The molecule has 3 aromatic rings. The van der Waals surface area contributed by atoms with Crippen LogP contribution in [-0.2, 0) is 32.7 Å². The Balaban J connectivity index is 1.40. The van der Waals surface area contributed by atoms with E-state index >= 15 is 0 Å². The normalized spacial score (nSPS) is 16.9. The minimum atomic E-state index is -1.00. The van der Waals surface area contributed by atoms with E-state index in [4.69, 9.17) is 23.7 Å². The zero-order valence-electron chi connectivity index (χ0n) is 20.9. The van der Waals surface area contributed by atoms with Crippen molar-refractivity contribution in [3.8, 4) is 22.9 Å². The Morgan fingerprint density at radius 3 is 2.63 bits per heavy atom. The highest BCUT2D eigenvalue weighted by molar-refractivity contribution is 5.72. The molecule has 38 heavy (non-hydrogen) atoms. The third kappa shape index (κ3) is 6.21. The van der Waals surface area contributed by atoms with Crippen LogP contribution in [0.5, 0.6) is 11.5 Å². The number of nitrogens with zero attached hydrogens (tertiary/aromatic N) is 5. The van der Waals surface area contributed by atoms with Crippen molar-refractivity contribution in [3.05, 3.63) is 57.9 Å². The van der Waals surface area contributed by atoms with Gasteiger partial charge in [-0.3, -0.25) is 14.9 Å². The molecule has 1 unspecified atom stereocenters. The highest BCUT2D eigenvalue weighted by atomic mass is 16.7. The molecule has 14 heteroatoms. The van der Waals surface area contributed by atoms with Crippen molar-refractivity contribution in [2.24, 2.45) is 13.0 Å². The summed E-state index contributed by atoms with van der Waals surface area (Å²) in [7, 11) is 2.98. The Labute approximate surface area is 216 Å². The summed E-state index contributed by atoms with van der Waals surface area (Å²) in [4.78, 5) is 38.8. The smallest absolute Gasteiger partial charge is 0.486 e. The Morgan fingerprint density at radius 2 is 1.95 bits per heavy atom. The Morgan fingerprint density at radius 1 is 1.18 bits per heavy atom. The number of carbonyl (C=O) groups is 2. The summed E-state index contributed by atoms with van der Waals surface area (Å²) in [5.41, 5.74) is 1.80. The van der Waals surface area contributed by atoms with E-state index in [1.165, 1.54) is 36.1 Å². The molecule has 3 heterocycles. The number of non-ortho nitro benzene ring substituents is 1. The number of aromatic nitrogens is 4. The van der Waals surface area contributed by atoms with E-state index in [1.807, 2.05) is 0 Å². The molecule has 0 amide bonds. The minimum Gasteiger partial charge on any atom is -0.486 e. The highest BCUT2D eigenvalue weighted by Gasteiger charge is 2.30. The number of nitro groups is 1. The average molecular weight is 527 g/mol. The quantitative estimate of drug-likeness (QED) is 0.182. The zero-order valence-corrected chi connectivity index (χ0v) is 20.9. The molecule has 2 atom stereocenters. The van der Waals surface area contributed by atoms with E-state index in [1.54, 1.807) is 26.1 Å². The molecule has 1 aliphatic heterocycles. The molecule has 200 valence electrons. The number of carbonyl (C=O) groups excluding carboxylic acids is 2. The lowest BCUT2D eigenvalue weighted by Crippen LogP contribution is -2.37. The fourth-order valence-corrected chi connectivity index (χ4v) is 3.82. The fourth-order valence-electron chi connectivity index (χ4n) is 3.82. The monoisotopic (exact) mass is 527 g/mol. The van der Waals surface area contributed by atoms with Gasteiger partial charge in [0.1, 0.15) is 35.6 Å². The molecule has 0 bridgehead atoms. The topological polar surface area (TPSA) is 167 Å². The molecule has 0 N–H and O–H groups in total. The highest BCUT2D eigenvalue weighted by Crippen LogP contribution is 2.27. The molecular weight excluding hydrogens is 502 g/mol. The number of ether oxygens (including phenoxy) is 5. The minimum absolute atomic E-state index is 0.0955. The largest absolute Gasteiger partial charge is 0.514 e. The van der Waals surface area contributed by atoms with Gasteiger partial charge in [-0.25, -0.2) is 14.5 Å². The van der Waals surface area contributed by atoms with Crippen LogP contribution in [0.4, 0.5) is 10.5 Å². The summed E-state index contributed by atoms with van der Waals surface area (Å²) in [5, 5.41) is 18.9. The van der Waals surface area contributed by atoms with E-state index in [2.05, 4.69) is 15.3 Å². The number of benzene rings is 1. The lowest BCUT2D eigenvalue weighted by molar-refractivity contribution is -0.384. The zero-order chi connectivity index (χ0) is 27.2. The van der Waals surface area contributed by atoms with Crippen LogP contribution in [-0.4, -0.2) is 63.5 Å². The van der Waals surface area contributed by atoms with Crippen LogP contribution in [0.15, 0.2) is 36.4 Å². The maximum atomic E-state index is 12.2. The van der Waals surface area contributed by atoms with E-state index in [-0.39, 0.29) is 36.0 Å². The van der Waals surface area contributed by atoms with Gasteiger partial charge in [0, 0.05) is 25.6 Å². The molecule has 0 radical (unpaired) electrons. The van der Waals surface area contributed by atoms with Gasteiger partial charge in [-0.1, -0.05) is 5.21 Å². The van der Waals surface area contributed by atoms with E-state index in [0.717, 1.165) is 0 Å². The lowest BCUT2D eigenvalue weighted by Gasteiger charge is -2.28. The molecule has 14 nitrogen and oxygen atoms in total. The van der Waals surface area contributed by atoms with Crippen LogP contribution in [0.25, 0.3) is 11.4 Å². The summed E-state index contributed by atoms with van der Waals surface area (Å²) in [6.07, 6.45) is -0.865. The number of hydrogen-bond acceptors (Lipinski definition) is 12. The second-order valence-electron chi connectivity index (χ2n) is 8.41. The number of nitro benzene ring substituents is 1. The van der Waals surface area contributed by atoms with Gasteiger partial charge in [0.2, 0.25) is 0 Å². The Bertz CT molecular complexity index is 1330. The van der Waals surface area contributed by atoms with Crippen molar-refractivity contribution in [3.63, 3.8) is 0 Å². The second kappa shape index (κ2) is 11.6. The van der Waals surface area contributed by atoms with Gasteiger partial charge in [-0.05, 0) is 31.2 Å². The van der Waals surface area contributed by atoms with Crippen LogP contribution >= 0.6 is 0 Å². The molecule has 1 saturated heterocycles. The van der Waals surface area contributed by atoms with Gasteiger partial charge in [-0.15, -0.1) is 5.10 Å². The number of rotatable bonds is 8. The number of pyridine rings is 1. The Hall–Kier alpha value is -4.59. The first-order chi connectivity index (χ1) is 18.2.